The number of rotatable bonds is 12. The molecule has 0 aromatic rings. The van der Waals surface area contributed by atoms with Crippen LogP contribution in [0.2, 0.25) is 0 Å². The summed E-state index contributed by atoms with van der Waals surface area (Å²) in [5.41, 5.74) is 0.998. The number of ether oxygens (including phenoxy) is 2. The topological polar surface area (TPSA) is 62.4 Å². The van der Waals surface area contributed by atoms with Crippen LogP contribution in [0.15, 0.2) is 24.5 Å². The van der Waals surface area contributed by atoms with Gasteiger partial charge in [-0.3, -0.25) is 0 Å². The molecule has 8 rings (SSSR count). The molecule has 2 aliphatic heterocycles. The molecule has 18 atom stereocenters. The van der Waals surface area contributed by atoms with E-state index >= 15 is 0 Å². The third-order valence-corrected chi connectivity index (χ3v) is 16.0. The smallest absolute Gasteiger partial charge is 0.123 e. The Balaban J connectivity index is 1.01. The summed E-state index contributed by atoms with van der Waals surface area (Å²) in [6, 6.07) is 0. The number of carbonyl (C=O) groups excluding carboxylic acids is 1. The molecule has 8 aliphatic rings. The van der Waals surface area contributed by atoms with E-state index in [4.69, 9.17) is 16.1 Å². The Hall–Kier alpha value is -1.13. The molecule has 6 saturated carbocycles. The van der Waals surface area contributed by atoms with Crippen molar-refractivity contribution in [3.8, 4) is 0 Å². The van der Waals surface area contributed by atoms with Crippen molar-refractivity contribution in [3.63, 3.8) is 0 Å². The maximum Gasteiger partial charge on any atom is 0.123 e. The molecule has 4 bridgehead atoms. The Kier molecular flexibility index (Phi) is 6.60. The third kappa shape index (κ3) is 4.30. The first-order valence-electron chi connectivity index (χ1n) is 18.1. The molecule has 0 aromatic carbocycles. The van der Waals surface area contributed by atoms with Crippen LogP contribution in [0.1, 0.15) is 92.9 Å². The molecule has 0 amide bonds. The van der Waals surface area contributed by atoms with Gasteiger partial charge >= 0.3 is 0 Å². The molecule has 0 radical (unpaired) electrons. The Bertz CT molecular complexity index is 1190. The summed E-state index contributed by atoms with van der Waals surface area (Å²) in [4.78, 5) is 12.4. The zero-order chi connectivity index (χ0) is 30.3. The SMILES string of the molecule is C=C(CC1CC2CC1C1CC3OC3C21)C(C)CC(C)(C)C(C(=C)O)C(C1CC2CC1C1C2CC2OC21)C(C)(C)C(C)C=O. The van der Waals surface area contributed by atoms with E-state index in [1.807, 2.05) is 0 Å². The summed E-state index contributed by atoms with van der Waals surface area (Å²) in [5, 5.41) is 11.5. The van der Waals surface area contributed by atoms with Gasteiger partial charge in [0.1, 0.15) is 6.29 Å². The van der Waals surface area contributed by atoms with Gasteiger partial charge in [0.2, 0.25) is 0 Å². The first-order chi connectivity index (χ1) is 20.3. The average Bonchev–Trinajstić information content (AvgIpc) is 3.42. The van der Waals surface area contributed by atoms with Gasteiger partial charge in [-0.1, -0.05) is 60.3 Å². The predicted molar refractivity (Wildman–Crippen MR) is 169 cm³/mol. The quantitative estimate of drug-likeness (QED) is 0.108. The van der Waals surface area contributed by atoms with E-state index in [1.54, 1.807) is 0 Å². The maximum absolute atomic E-state index is 12.4. The molecule has 1 N–H and O–H groups in total. The number of aliphatic hydroxyl groups excluding tert-OH is 1. The molecule has 2 heterocycles. The van der Waals surface area contributed by atoms with Crippen LogP contribution in [0, 0.1) is 93.7 Å². The number of epoxide rings is 2. The highest BCUT2D eigenvalue weighted by Crippen LogP contribution is 2.70. The predicted octanol–water partition coefficient (Wildman–Crippen LogP) is 8.27. The zero-order valence-corrected chi connectivity index (χ0v) is 27.7. The minimum atomic E-state index is -0.242. The summed E-state index contributed by atoms with van der Waals surface area (Å²) in [5.74, 6) is 8.58. The number of hydrogen-bond acceptors (Lipinski definition) is 4. The van der Waals surface area contributed by atoms with Gasteiger partial charge in [-0.25, -0.2) is 0 Å². The van der Waals surface area contributed by atoms with Crippen molar-refractivity contribution in [2.24, 2.45) is 93.7 Å². The fourth-order valence-corrected chi connectivity index (χ4v) is 13.9. The van der Waals surface area contributed by atoms with Crippen molar-refractivity contribution in [1.82, 2.24) is 0 Å². The van der Waals surface area contributed by atoms with E-state index in [1.165, 1.54) is 44.1 Å². The van der Waals surface area contributed by atoms with Crippen LogP contribution in [0.5, 0.6) is 0 Å². The number of aliphatic hydroxyl groups is 1. The van der Waals surface area contributed by atoms with Gasteiger partial charge < -0.3 is 19.4 Å². The summed E-state index contributed by atoms with van der Waals surface area (Å²) >= 11 is 0. The fraction of sp³-hybridized carbons (Fsp3) is 0.872. The first kappa shape index (κ1) is 29.3. The van der Waals surface area contributed by atoms with Crippen molar-refractivity contribution < 1.29 is 19.4 Å². The van der Waals surface area contributed by atoms with Crippen molar-refractivity contribution in [3.05, 3.63) is 24.5 Å². The molecular formula is C39H58O4. The van der Waals surface area contributed by atoms with Crippen LogP contribution in [0.25, 0.3) is 0 Å². The van der Waals surface area contributed by atoms with Crippen LogP contribution in [-0.4, -0.2) is 35.8 Å². The van der Waals surface area contributed by atoms with Gasteiger partial charge in [0.05, 0.1) is 30.2 Å². The van der Waals surface area contributed by atoms with Gasteiger partial charge in [0, 0.05) is 11.8 Å². The molecule has 18 unspecified atom stereocenters. The van der Waals surface area contributed by atoms with Crippen molar-refractivity contribution >= 4 is 6.29 Å². The number of allylic oxidation sites excluding steroid dienone is 2. The largest absolute Gasteiger partial charge is 0.513 e. The molecule has 0 spiro atoms. The van der Waals surface area contributed by atoms with Gasteiger partial charge in [-0.15, -0.1) is 0 Å². The second kappa shape index (κ2) is 9.69. The third-order valence-electron chi connectivity index (χ3n) is 16.0. The lowest BCUT2D eigenvalue weighted by molar-refractivity contribution is -0.119. The number of fused-ring (bicyclic) bond motifs is 14. The molecule has 43 heavy (non-hydrogen) atoms. The Morgan fingerprint density at radius 2 is 1.51 bits per heavy atom. The maximum atomic E-state index is 12.4. The molecule has 4 heteroatoms. The average molecular weight is 591 g/mol. The zero-order valence-electron chi connectivity index (χ0n) is 27.7. The van der Waals surface area contributed by atoms with E-state index in [2.05, 4.69) is 48.1 Å². The van der Waals surface area contributed by atoms with E-state index in [-0.39, 0.29) is 28.6 Å². The van der Waals surface area contributed by atoms with E-state index in [9.17, 15) is 9.90 Å². The summed E-state index contributed by atoms with van der Waals surface area (Å²) in [6.07, 6.45) is 13.4. The van der Waals surface area contributed by atoms with E-state index in [0.717, 1.165) is 60.6 Å². The molecule has 8 fully saturated rings. The van der Waals surface area contributed by atoms with Crippen molar-refractivity contribution in [2.45, 2.75) is 117 Å². The van der Waals surface area contributed by atoms with Crippen molar-refractivity contribution in [2.75, 3.05) is 0 Å². The lowest BCUT2D eigenvalue weighted by atomic mass is 9.51. The lowest BCUT2D eigenvalue weighted by Crippen LogP contribution is -2.49. The molecule has 238 valence electrons. The second-order valence-corrected chi connectivity index (χ2v) is 18.6. The van der Waals surface area contributed by atoms with Crippen molar-refractivity contribution in [1.29, 1.82) is 0 Å². The normalized spacial score (nSPS) is 49.1. The molecule has 4 nitrogen and oxygen atoms in total. The molecular weight excluding hydrogens is 532 g/mol. The van der Waals surface area contributed by atoms with Gasteiger partial charge in [-0.2, -0.15) is 0 Å². The minimum absolute atomic E-state index is 0.0614. The van der Waals surface area contributed by atoms with E-state index in [0.29, 0.717) is 53.8 Å². The Labute approximate surface area is 260 Å². The Morgan fingerprint density at radius 1 is 0.860 bits per heavy atom. The summed E-state index contributed by atoms with van der Waals surface area (Å²) < 4.78 is 12.1. The van der Waals surface area contributed by atoms with Crippen LogP contribution < -0.4 is 0 Å². The Morgan fingerprint density at radius 3 is 2.19 bits per heavy atom. The number of hydrogen-bond donors (Lipinski definition) is 1. The highest BCUT2D eigenvalue weighted by molar-refractivity contribution is 5.54. The minimum Gasteiger partial charge on any atom is -0.513 e. The molecule has 6 aliphatic carbocycles. The second-order valence-electron chi connectivity index (χ2n) is 18.6. The highest BCUT2D eigenvalue weighted by Gasteiger charge is 2.69. The number of aldehydes is 1. The fourth-order valence-electron chi connectivity index (χ4n) is 13.9. The van der Waals surface area contributed by atoms with E-state index < -0.39 is 0 Å². The summed E-state index contributed by atoms with van der Waals surface area (Å²) in [6.45, 7) is 22.8. The first-order valence-corrected chi connectivity index (χ1v) is 18.1. The van der Waals surface area contributed by atoms with Gasteiger partial charge in [0.25, 0.3) is 0 Å². The summed E-state index contributed by atoms with van der Waals surface area (Å²) in [7, 11) is 0. The van der Waals surface area contributed by atoms with Crippen LogP contribution in [0.4, 0.5) is 0 Å². The van der Waals surface area contributed by atoms with Gasteiger partial charge in [0.15, 0.2) is 0 Å². The lowest BCUT2D eigenvalue weighted by Gasteiger charge is -2.53. The molecule has 2 saturated heterocycles. The van der Waals surface area contributed by atoms with Crippen LogP contribution >= 0.6 is 0 Å². The monoisotopic (exact) mass is 590 g/mol. The number of carbonyl (C=O) groups is 1. The van der Waals surface area contributed by atoms with Crippen LogP contribution in [0.3, 0.4) is 0 Å². The standard InChI is InChI=1S/C39H58O4/c1-18(9-22-10-24-13-25(22)28-15-31-36(42-31)32(24)28)19(2)16-38(5,6)34(21(4)41)35(39(7,8)20(3)17-40)29-12-23-11-27(29)33-26(23)14-30-37(33)43-30/h17,19-20,22-37,41H,1,4,9-16H2,2-3,5-8H3. The molecule has 0 aromatic heterocycles. The highest BCUT2D eigenvalue weighted by atomic mass is 16.6. The van der Waals surface area contributed by atoms with Crippen LogP contribution in [-0.2, 0) is 14.3 Å². The van der Waals surface area contributed by atoms with Gasteiger partial charge in [-0.05, 0) is 133 Å².